The molecule has 0 saturated carbocycles. The standard InChI is InChI=1S/C19H32O3/c1-6-10-11-13-22-17-14-16(12-7-2)19(21-9-4)18(15(17)5)20-8-3/h14H,6-13H2,1-5H3. The third kappa shape index (κ3) is 5.11. The number of aryl methyl sites for hydroxylation is 1. The van der Waals surface area contributed by atoms with E-state index in [-0.39, 0.29) is 0 Å². The van der Waals surface area contributed by atoms with Crippen molar-refractivity contribution in [3.63, 3.8) is 0 Å². The summed E-state index contributed by atoms with van der Waals surface area (Å²) in [7, 11) is 0. The molecule has 0 saturated heterocycles. The van der Waals surface area contributed by atoms with Gasteiger partial charge < -0.3 is 14.2 Å². The van der Waals surface area contributed by atoms with Gasteiger partial charge >= 0.3 is 0 Å². The van der Waals surface area contributed by atoms with Crippen LogP contribution in [0.2, 0.25) is 0 Å². The molecule has 3 heteroatoms. The lowest BCUT2D eigenvalue weighted by Gasteiger charge is -2.20. The van der Waals surface area contributed by atoms with Crippen LogP contribution in [0.15, 0.2) is 6.07 Å². The van der Waals surface area contributed by atoms with E-state index < -0.39 is 0 Å². The zero-order valence-electron chi connectivity index (χ0n) is 15.0. The van der Waals surface area contributed by atoms with Crippen molar-refractivity contribution < 1.29 is 14.2 Å². The van der Waals surface area contributed by atoms with Gasteiger partial charge in [-0.15, -0.1) is 0 Å². The number of unbranched alkanes of at least 4 members (excludes halogenated alkanes) is 2. The number of hydrogen-bond donors (Lipinski definition) is 0. The molecule has 126 valence electrons. The van der Waals surface area contributed by atoms with Gasteiger partial charge in [-0.05, 0) is 39.7 Å². The van der Waals surface area contributed by atoms with Crippen LogP contribution in [-0.4, -0.2) is 19.8 Å². The molecule has 1 aromatic rings. The molecule has 0 unspecified atom stereocenters. The zero-order valence-corrected chi connectivity index (χ0v) is 15.0. The monoisotopic (exact) mass is 308 g/mol. The molecule has 0 aliphatic carbocycles. The average Bonchev–Trinajstić information content (AvgIpc) is 2.51. The van der Waals surface area contributed by atoms with Crippen molar-refractivity contribution in [1.29, 1.82) is 0 Å². The number of benzene rings is 1. The third-order valence-corrected chi connectivity index (χ3v) is 3.62. The molecule has 0 spiro atoms. The molecule has 0 N–H and O–H groups in total. The van der Waals surface area contributed by atoms with Crippen molar-refractivity contribution in [2.24, 2.45) is 0 Å². The van der Waals surface area contributed by atoms with Crippen LogP contribution in [0.3, 0.4) is 0 Å². The Hall–Kier alpha value is -1.38. The third-order valence-electron chi connectivity index (χ3n) is 3.62. The fourth-order valence-corrected chi connectivity index (χ4v) is 2.52. The topological polar surface area (TPSA) is 27.7 Å². The van der Waals surface area contributed by atoms with Crippen molar-refractivity contribution in [3.05, 3.63) is 17.2 Å². The molecular formula is C19H32O3. The van der Waals surface area contributed by atoms with E-state index in [1.165, 1.54) is 18.4 Å². The number of rotatable bonds is 11. The van der Waals surface area contributed by atoms with Crippen molar-refractivity contribution in [2.75, 3.05) is 19.8 Å². The van der Waals surface area contributed by atoms with Crippen LogP contribution in [0.5, 0.6) is 17.2 Å². The molecule has 22 heavy (non-hydrogen) atoms. The fraction of sp³-hybridized carbons (Fsp3) is 0.684. The summed E-state index contributed by atoms with van der Waals surface area (Å²) in [6.07, 6.45) is 5.55. The predicted molar refractivity (Wildman–Crippen MR) is 92.5 cm³/mol. The molecule has 0 aliphatic rings. The van der Waals surface area contributed by atoms with Gasteiger partial charge in [-0.3, -0.25) is 0 Å². The van der Waals surface area contributed by atoms with Gasteiger partial charge in [0.25, 0.3) is 0 Å². The van der Waals surface area contributed by atoms with Crippen LogP contribution in [0, 0.1) is 6.92 Å². The summed E-state index contributed by atoms with van der Waals surface area (Å²) in [6.45, 7) is 12.5. The predicted octanol–water partition coefficient (Wildman–Crippen LogP) is 5.31. The van der Waals surface area contributed by atoms with E-state index >= 15 is 0 Å². The minimum atomic E-state index is 0.631. The van der Waals surface area contributed by atoms with E-state index in [1.54, 1.807) is 0 Å². The largest absolute Gasteiger partial charge is 0.493 e. The van der Waals surface area contributed by atoms with E-state index in [9.17, 15) is 0 Å². The van der Waals surface area contributed by atoms with E-state index in [2.05, 4.69) is 26.8 Å². The molecule has 0 bridgehead atoms. The summed E-state index contributed by atoms with van der Waals surface area (Å²) in [5.41, 5.74) is 2.23. The first kappa shape index (κ1) is 18.7. The van der Waals surface area contributed by atoms with Crippen molar-refractivity contribution in [1.82, 2.24) is 0 Å². The summed E-state index contributed by atoms with van der Waals surface area (Å²) < 4.78 is 17.8. The second kappa shape index (κ2) is 10.4. The van der Waals surface area contributed by atoms with Gasteiger partial charge in [0, 0.05) is 11.1 Å². The van der Waals surface area contributed by atoms with Crippen LogP contribution >= 0.6 is 0 Å². The number of ether oxygens (including phenoxy) is 3. The Labute approximate surface area is 136 Å². The van der Waals surface area contributed by atoms with Crippen LogP contribution in [0.1, 0.15) is 64.5 Å². The molecule has 1 rings (SSSR count). The van der Waals surface area contributed by atoms with Gasteiger partial charge in [0.15, 0.2) is 11.5 Å². The van der Waals surface area contributed by atoms with Crippen molar-refractivity contribution in [3.8, 4) is 17.2 Å². The number of hydrogen-bond acceptors (Lipinski definition) is 3. The van der Waals surface area contributed by atoms with E-state index in [0.29, 0.717) is 13.2 Å². The first-order valence-corrected chi connectivity index (χ1v) is 8.74. The SMILES string of the molecule is CCCCCOc1cc(CCC)c(OCC)c(OCC)c1C. The second-order valence-electron chi connectivity index (χ2n) is 5.49. The van der Waals surface area contributed by atoms with E-state index in [0.717, 1.165) is 48.7 Å². The van der Waals surface area contributed by atoms with Crippen LogP contribution in [-0.2, 0) is 6.42 Å². The highest BCUT2D eigenvalue weighted by Gasteiger charge is 2.18. The lowest BCUT2D eigenvalue weighted by molar-refractivity contribution is 0.273. The maximum atomic E-state index is 6.01. The average molecular weight is 308 g/mol. The normalized spacial score (nSPS) is 10.6. The molecule has 0 aliphatic heterocycles. The molecule has 3 nitrogen and oxygen atoms in total. The van der Waals surface area contributed by atoms with Gasteiger partial charge in [-0.1, -0.05) is 33.1 Å². The first-order chi connectivity index (χ1) is 10.7. The Morgan fingerprint density at radius 1 is 0.818 bits per heavy atom. The van der Waals surface area contributed by atoms with Crippen LogP contribution in [0.25, 0.3) is 0 Å². The van der Waals surface area contributed by atoms with Gasteiger partial charge in [0.05, 0.1) is 19.8 Å². The lowest BCUT2D eigenvalue weighted by atomic mass is 10.0. The Bertz CT molecular complexity index is 441. The highest BCUT2D eigenvalue weighted by molar-refractivity contribution is 5.58. The zero-order chi connectivity index (χ0) is 16.4. The summed E-state index contributed by atoms with van der Waals surface area (Å²) in [5, 5.41) is 0. The van der Waals surface area contributed by atoms with Crippen LogP contribution in [0.4, 0.5) is 0 Å². The minimum Gasteiger partial charge on any atom is -0.493 e. The molecule has 0 aromatic heterocycles. The molecule has 0 atom stereocenters. The molecule has 0 heterocycles. The smallest absolute Gasteiger partial charge is 0.168 e. The molecule has 0 amide bonds. The van der Waals surface area contributed by atoms with Crippen molar-refractivity contribution >= 4 is 0 Å². The Morgan fingerprint density at radius 2 is 1.50 bits per heavy atom. The van der Waals surface area contributed by atoms with Gasteiger partial charge in [-0.2, -0.15) is 0 Å². The Balaban J connectivity index is 3.10. The molecular weight excluding hydrogens is 276 g/mol. The molecule has 0 radical (unpaired) electrons. The Kier molecular flexibility index (Phi) is 8.79. The summed E-state index contributed by atoms with van der Waals surface area (Å²) in [5.74, 6) is 2.68. The van der Waals surface area contributed by atoms with Gasteiger partial charge in [0.1, 0.15) is 5.75 Å². The highest BCUT2D eigenvalue weighted by Crippen LogP contribution is 2.41. The minimum absolute atomic E-state index is 0.631. The van der Waals surface area contributed by atoms with E-state index in [4.69, 9.17) is 14.2 Å². The highest BCUT2D eigenvalue weighted by atomic mass is 16.5. The van der Waals surface area contributed by atoms with Gasteiger partial charge in [-0.25, -0.2) is 0 Å². The maximum Gasteiger partial charge on any atom is 0.168 e. The summed E-state index contributed by atoms with van der Waals surface area (Å²) in [6, 6.07) is 2.14. The molecule has 1 aromatic carbocycles. The maximum absolute atomic E-state index is 6.01. The second-order valence-corrected chi connectivity index (χ2v) is 5.49. The van der Waals surface area contributed by atoms with Gasteiger partial charge in [0.2, 0.25) is 0 Å². The quantitative estimate of drug-likeness (QED) is 0.518. The lowest BCUT2D eigenvalue weighted by Crippen LogP contribution is -2.06. The Morgan fingerprint density at radius 3 is 2.09 bits per heavy atom. The van der Waals surface area contributed by atoms with Crippen LogP contribution < -0.4 is 14.2 Å². The van der Waals surface area contributed by atoms with E-state index in [1.807, 2.05) is 13.8 Å². The summed E-state index contributed by atoms with van der Waals surface area (Å²) >= 11 is 0. The first-order valence-electron chi connectivity index (χ1n) is 8.74. The summed E-state index contributed by atoms with van der Waals surface area (Å²) in [4.78, 5) is 0. The molecule has 0 fully saturated rings. The van der Waals surface area contributed by atoms with Crippen molar-refractivity contribution in [2.45, 2.75) is 66.7 Å². The fourth-order valence-electron chi connectivity index (χ4n) is 2.52.